The minimum Gasteiger partial charge on any atom is -0.494 e. The fraction of sp³-hybridized carbons (Fsp3) is 0.200. The van der Waals surface area contributed by atoms with E-state index in [2.05, 4.69) is 10.2 Å². The lowest BCUT2D eigenvalue weighted by Crippen LogP contribution is -2.48. The number of para-hydroxylation sites is 2. The molecule has 7 heteroatoms. The number of nitrogens with one attached hydrogen (secondary N) is 1. The summed E-state index contributed by atoms with van der Waals surface area (Å²) in [5.74, 6) is 0.395. The third-order valence-corrected chi connectivity index (χ3v) is 1.91. The predicted molar refractivity (Wildman–Crippen MR) is 60.6 cm³/mol. The maximum Gasteiger partial charge on any atom is 0.433 e. The Labute approximate surface area is 98.1 Å². The molecule has 0 radical (unpaired) electrons. The molecular weight excluding hydrogens is 226 g/mol. The summed E-state index contributed by atoms with van der Waals surface area (Å²) in [6.07, 6.45) is -0.784. The number of hydrogen-bond acceptors (Lipinski definition) is 4. The number of anilines is 1. The molecule has 0 atom stereocenters. The van der Waals surface area contributed by atoms with E-state index in [0.717, 1.165) is 5.01 Å². The number of carbonyl (C=O) groups excluding carboxylic acids is 2. The highest BCUT2D eigenvalue weighted by atomic mass is 16.5. The zero-order chi connectivity index (χ0) is 12.8. The maximum absolute atomic E-state index is 11.5. The number of amides is 3. The Morgan fingerprint density at radius 2 is 1.94 bits per heavy atom. The van der Waals surface area contributed by atoms with Gasteiger partial charge in [0.15, 0.2) is 0 Å². The number of nitrogens with two attached hydrogens (primary N) is 1. The molecular formula is C10H13N3O4. The molecule has 0 saturated carbocycles. The molecule has 92 valence electrons. The minimum atomic E-state index is -0.888. The minimum absolute atomic E-state index is 0.320. The Bertz CT molecular complexity index is 422. The Kier molecular flexibility index (Phi) is 4.15. The maximum atomic E-state index is 11.5. The van der Waals surface area contributed by atoms with Crippen LogP contribution in [0.15, 0.2) is 24.3 Å². The zero-order valence-electron chi connectivity index (χ0n) is 9.47. The predicted octanol–water partition coefficient (Wildman–Crippen LogP) is 0.851. The highest BCUT2D eigenvalue weighted by Crippen LogP contribution is 2.26. The normalized spacial score (nSPS) is 9.29. The third kappa shape index (κ3) is 3.00. The molecule has 0 unspecified atom stereocenters. The van der Waals surface area contributed by atoms with E-state index in [1.165, 1.54) is 14.2 Å². The van der Waals surface area contributed by atoms with Gasteiger partial charge in [0.2, 0.25) is 0 Å². The van der Waals surface area contributed by atoms with Gasteiger partial charge in [-0.3, -0.25) is 0 Å². The number of primary amides is 1. The van der Waals surface area contributed by atoms with E-state index >= 15 is 0 Å². The van der Waals surface area contributed by atoms with Crippen molar-refractivity contribution in [1.29, 1.82) is 0 Å². The van der Waals surface area contributed by atoms with Gasteiger partial charge in [-0.2, -0.15) is 5.01 Å². The molecule has 0 aliphatic carbocycles. The SMILES string of the molecule is COC(=O)N(NC(N)=O)c1ccccc1OC. The summed E-state index contributed by atoms with van der Waals surface area (Å²) in [5, 5.41) is 0.862. The second kappa shape index (κ2) is 5.59. The fourth-order valence-electron chi connectivity index (χ4n) is 1.22. The van der Waals surface area contributed by atoms with Gasteiger partial charge in [0.25, 0.3) is 0 Å². The molecule has 0 aromatic heterocycles. The van der Waals surface area contributed by atoms with Crippen LogP contribution >= 0.6 is 0 Å². The van der Waals surface area contributed by atoms with Crippen molar-refractivity contribution in [2.75, 3.05) is 19.2 Å². The van der Waals surface area contributed by atoms with Crippen LogP contribution in [-0.4, -0.2) is 26.3 Å². The molecule has 0 saturated heterocycles. The monoisotopic (exact) mass is 239 g/mol. The summed E-state index contributed by atoms with van der Waals surface area (Å²) in [6, 6.07) is 5.72. The van der Waals surface area contributed by atoms with E-state index < -0.39 is 12.1 Å². The molecule has 17 heavy (non-hydrogen) atoms. The lowest BCUT2D eigenvalue weighted by molar-refractivity contribution is 0.174. The molecule has 0 aliphatic heterocycles. The average molecular weight is 239 g/mol. The molecule has 3 amide bonds. The Morgan fingerprint density at radius 1 is 1.29 bits per heavy atom. The van der Waals surface area contributed by atoms with Crippen LogP contribution in [0.1, 0.15) is 0 Å². The lowest BCUT2D eigenvalue weighted by Gasteiger charge is -2.22. The van der Waals surface area contributed by atoms with Crippen molar-refractivity contribution in [2.24, 2.45) is 5.73 Å². The number of benzene rings is 1. The van der Waals surface area contributed by atoms with E-state index in [1.54, 1.807) is 24.3 Å². The third-order valence-electron chi connectivity index (χ3n) is 1.91. The summed E-state index contributed by atoms with van der Waals surface area (Å²) in [4.78, 5) is 22.3. The highest BCUT2D eigenvalue weighted by molar-refractivity contribution is 5.92. The molecule has 0 fully saturated rings. The number of methoxy groups -OCH3 is 2. The number of rotatable bonds is 2. The smallest absolute Gasteiger partial charge is 0.433 e. The van der Waals surface area contributed by atoms with Gasteiger partial charge in [0.05, 0.1) is 14.2 Å². The van der Waals surface area contributed by atoms with Gasteiger partial charge in [-0.05, 0) is 12.1 Å². The van der Waals surface area contributed by atoms with Gasteiger partial charge in [0.1, 0.15) is 11.4 Å². The highest BCUT2D eigenvalue weighted by Gasteiger charge is 2.21. The summed E-state index contributed by atoms with van der Waals surface area (Å²) < 4.78 is 9.59. The lowest BCUT2D eigenvalue weighted by atomic mass is 10.3. The number of urea groups is 1. The topological polar surface area (TPSA) is 93.9 Å². The quantitative estimate of drug-likeness (QED) is 0.748. The van der Waals surface area contributed by atoms with Crippen LogP contribution in [0.5, 0.6) is 5.75 Å². The second-order valence-electron chi connectivity index (χ2n) is 2.95. The van der Waals surface area contributed by atoms with Crippen LogP contribution in [0, 0.1) is 0 Å². The van der Waals surface area contributed by atoms with Gasteiger partial charge < -0.3 is 15.2 Å². The summed E-state index contributed by atoms with van der Waals surface area (Å²) in [7, 11) is 2.63. The fourth-order valence-corrected chi connectivity index (χ4v) is 1.22. The molecule has 1 rings (SSSR count). The summed E-state index contributed by atoms with van der Waals surface area (Å²) >= 11 is 0. The van der Waals surface area contributed by atoms with Crippen molar-refractivity contribution < 1.29 is 19.1 Å². The van der Waals surface area contributed by atoms with Gasteiger partial charge >= 0.3 is 12.1 Å². The van der Waals surface area contributed by atoms with Crippen LogP contribution in [0.3, 0.4) is 0 Å². The van der Waals surface area contributed by atoms with Crippen LogP contribution in [0.2, 0.25) is 0 Å². The number of nitrogens with zero attached hydrogens (tertiary/aromatic N) is 1. The average Bonchev–Trinajstić information content (AvgIpc) is 2.34. The van der Waals surface area contributed by atoms with E-state index in [0.29, 0.717) is 11.4 Å². The second-order valence-corrected chi connectivity index (χ2v) is 2.95. The van der Waals surface area contributed by atoms with Crippen molar-refractivity contribution in [3.63, 3.8) is 0 Å². The molecule has 0 spiro atoms. The van der Waals surface area contributed by atoms with Crippen molar-refractivity contribution in [2.45, 2.75) is 0 Å². The number of ether oxygens (including phenoxy) is 2. The van der Waals surface area contributed by atoms with E-state index in [4.69, 9.17) is 10.5 Å². The summed E-state index contributed by atoms with van der Waals surface area (Å²) in [6.45, 7) is 0. The first-order chi connectivity index (χ1) is 8.10. The largest absolute Gasteiger partial charge is 0.494 e. The van der Waals surface area contributed by atoms with Crippen molar-refractivity contribution >= 4 is 17.8 Å². The van der Waals surface area contributed by atoms with Crippen molar-refractivity contribution in [1.82, 2.24) is 5.43 Å². The van der Waals surface area contributed by atoms with Crippen LogP contribution in [0.25, 0.3) is 0 Å². The zero-order valence-corrected chi connectivity index (χ0v) is 9.47. The Balaban J connectivity index is 3.11. The molecule has 1 aromatic carbocycles. The standard InChI is InChI=1S/C10H13N3O4/c1-16-8-6-4-3-5-7(8)13(10(15)17-2)12-9(11)14/h3-6H,1-2H3,(H3,11,12,14). The van der Waals surface area contributed by atoms with E-state index in [9.17, 15) is 9.59 Å². The first-order valence-electron chi connectivity index (χ1n) is 4.67. The van der Waals surface area contributed by atoms with Crippen LogP contribution < -0.4 is 20.9 Å². The molecule has 0 bridgehead atoms. The molecule has 1 aromatic rings. The van der Waals surface area contributed by atoms with Gasteiger partial charge in [0, 0.05) is 0 Å². The van der Waals surface area contributed by atoms with Gasteiger partial charge in [-0.25, -0.2) is 15.0 Å². The van der Waals surface area contributed by atoms with Crippen molar-refractivity contribution in [3.8, 4) is 5.75 Å². The molecule has 7 nitrogen and oxygen atoms in total. The Morgan fingerprint density at radius 3 is 2.47 bits per heavy atom. The molecule has 0 aliphatic rings. The first-order valence-corrected chi connectivity index (χ1v) is 4.67. The van der Waals surface area contributed by atoms with E-state index in [-0.39, 0.29) is 0 Å². The number of carbonyl (C=O) groups is 2. The molecule has 0 heterocycles. The van der Waals surface area contributed by atoms with Crippen LogP contribution in [-0.2, 0) is 4.74 Å². The van der Waals surface area contributed by atoms with Gasteiger partial charge in [-0.1, -0.05) is 12.1 Å². The Hall–Kier alpha value is -2.44. The first kappa shape index (κ1) is 12.6. The number of hydrogen-bond donors (Lipinski definition) is 2. The number of hydrazine groups is 1. The van der Waals surface area contributed by atoms with E-state index in [1.807, 2.05) is 0 Å². The van der Waals surface area contributed by atoms with Gasteiger partial charge in [-0.15, -0.1) is 0 Å². The van der Waals surface area contributed by atoms with Crippen LogP contribution in [0.4, 0.5) is 15.3 Å². The van der Waals surface area contributed by atoms with Crippen molar-refractivity contribution in [3.05, 3.63) is 24.3 Å². The summed E-state index contributed by atoms with van der Waals surface area (Å²) in [5.41, 5.74) is 7.43. The molecule has 3 N–H and O–H groups in total.